The molecule has 1 aliphatic heterocycles. The van der Waals surface area contributed by atoms with E-state index < -0.39 is 0 Å². The molecule has 0 aromatic carbocycles. The molecule has 1 fully saturated rings. The van der Waals surface area contributed by atoms with Gasteiger partial charge in [-0.05, 0) is 19.5 Å². The predicted octanol–water partition coefficient (Wildman–Crippen LogP) is 0.507. The Kier molecular flexibility index (Phi) is 3.76. The molecule has 86 valence electrons. The molecule has 0 radical (unpaired) electrons. The number of aryl methyl sites for hydroxylation is 1. The third-order valence-corrected chi connectivity index (χ3v) is 3.22. The topological polar surface area (TPSA) is 47.1 Å². The Balaban J connectivity index is 0.00000112. The lowest BCUT2D eigenvalue weighted by Crippen LogP contribution is -2.28. The Hall–Kier alpha value is -0.580. The monoisotopic (exact) mass is 230 g/mol. The molecule has 1 saturated heterocycles. The number of likely N-dealkylation sites (N-methyl/N-ethyl adjacent to an activating group) is 1. The zero-order valence-corrected chi connectivity index (χ0v) is 10.3. The summed E-state index contributed by atoms with van der Waals surface area (Å²) in [5.74, 6) is 0.452. The summed E-state index contributed by atoms with van der Waals surface area (Å²) in [4.78, 5) is 2.28. The molecule has 2 heterocycles. The summed E-state index contributed by atoms with van der Waals surface area (Å²) in [5.41, 5.74) is 8.65. The highest BCUT2D eigenvalue weighted by molar-refractivity contribution is 5.85. The summed E-state index contributed by atoms with van der Waals surface area (Å²) in [6, 6.07) is 0.253. The molecule has 1 aromatic heterocycles. The molecule has 2 N–H and O–H groups in total. The van der Waals surface area contributed by atoms with Gasteiger partial charge in [-0.15, -0.1) is 12.4 Å². The summed E-state index contributed by atoms with van der Waals surface area (Å²) in [5, 5.41) is 4.26. The van der Waals surface area contributed by atoms with E-state index in [1.165, 1.54) is 11.3 Å². The Morgan fingerprint density at radius 2 is 2.07 bits per heavy atom. The molecule has 1 aromatic rings. The SMILES string of the molecule is Cc1c(C2CN(C)CC2N)cnn1C.Cl. The number of halogens is 1. The van der Waals surface area contributed by atoms with E-state index in [-0.39, 0.29) is 18.4 Å². The van der Waals surface area contributed by atoms with E-state index in [1.807, 2.05) is 17.9 Å². The number of rotatable bonds is 1. The van der Waals surface area contributed by atoms with Crippen LogP contribution in [0, 0.1) is 6.92 Å². The lowest BCUT2D eigenvalue weighted by atomic mass is 9.96. The number of aromatic nitrogens is 2. The van der Waals surface area contributed by atoms with Gasteiger partial charge in [0.1, 0.15) is 0 Å². The first-order valence-corrected chi connectivity index (χ1v) is 5.02. The molecule has 2 unspecified atom stereocenters. The second-order valence-electron chi connectivity index (χ2n) is 4.30. The number of nitrogens with zero attached hydrogens (tertiary/aromatic N) is 3. The molecule has 0 aliphatic carbocycles. The summed E-state index contributed by atoms with van der Waals surface area (Å²) in [7, 11) is 4.09. The van der Waals surface area contributed by atoms with Gasteiger partial charge in [-0.2, -0.15) is 5.10 Å². The highest BCUT2D eigenvalue weighted by Gasteiger charge is 2.31. The molecule has 0 spiro atoms. The van der Waals surface area contributed by atoms with Crippen LogP contribution >= 0.6 is 12.4 Å². The van der Waals surface area contributed by atoms with Gasteiger partial charge in [0.15, 0.2) is 0 Å². The van der Waals surface area contributed by atoms with Gasteiger partial charge in [0.05, 0.1) is 6.20 Å². The minimum Gasteiger partial charge on any atom is -0.326 e. The Labute approximate surface area is 96.8 Å². The molecule has 0 amide bonds. The zero-order valence-electron chi connectivity index (χ0n) is 9.47. The number of hydrogen-bond acceptors (Lipinski definition) is 3. The van der Waals surface area contributed by atoms with Crippen molar-refractivity contribution in [1.29, 1.82) is 0 Å². The van der Waals surface area contributed by atoms with Gasteiger partial charge in [0.25, 0.3) is 0 Å². The van der Waals surface area contributed by atoms with E-state index in [4.69, 9.17) is 5.73 Å². The van der Waals surface area contributed by atoms with Crippen LogP contribution in [0.2, 0.25) is 0 Å². The van der Waals surface area contributed by atoms with Crippen LogP contribution in [0.5, 0.6) is 0 Å². The van der Waals surface area contributed by atoms with E-state index in [2.05, 4.69) is 24.0 Å². The second-order valence-corrected chi connectivity index (χ2v) is 4.30. The summed E-state index contributed by atoms with van der Waals surface area (Å²) in [6.45, 7) is 4.14. The van der Waals surface area contributed by atoms with Crippen LogP contribution in [0.15, 0.2) is 6.20 Å². The summed E-state index contributed by atoms with van der Waals surface area (Å²) in [6.07, 6.45) is 1.96. The molecule has 5 heteroatoms. The summed E-state index contributed by atoms with van der Waals surface area (Å²) < 4.78 is 1.92. The van der Waals surface area contributed by atoms with Crippen LogP contribution in [0.25, 0.3) is 0 Å². The van der Waals surface area contributed by atoms with Gasteiger partial charge in [-0.1, -0.05) is 0 Å². The fourth-order valence-electron chi connectivity index (χ4n) is 2.24. The third-order valence-electron chi connectivity index (χ3n) is 3.22. The molecule has 1 aliphatic rings. The fourth-order valence-corrected chi connectivity index (χ4v) is 2.24. The minimum absolute atomic E-state index is 0. The average molecular weight is 231 g/mol. The quantitative estimate of drug-likeness (QED) is 0.765. The lowest BCUT2D eigenvalue weighted by Gasteiger charge is -2.13. The van der Waals surface area contributed by atoms with Crippen molar-refractivity contribution in [2.75, 3.05) is 20.1 Å². The number of nitrogens with two attached hydrogens (primary N) is 1. The average Bonchev–Trinajstić information content (AvgIpc) is 2.59. The standard InChI is InChI=1S/C10H18N4.ClH/c1-7-8(4-12-14(7)3)9-5-13(2)6-10(9)11;/h4,9-10H,5-6,11H2,1-3H3;1H. The predicted molar refractivity (Wildman–Crippen MR) is 63.4 cm³/mol. The van der Waals surface area contributed by atoms with Crippen LogP contribution in [-0.4, -0.2) is 40.9 Å². The first kappa shape index (κ1) is 12.5. The van der Waals surface area contributed by atoms with Gasteiger partial charge >= 0.3 is 0 Å². The van der Waals surface area contributed by atoms with Gasteiger partial charge in [0.2, 0.25) is 0 Å². The second kappa shape index (κ2) is 4.51. The number of hydrogen-bond donors (Lipinski definition) is 1. The van der Waals surface area contributed by atoms with Crippen LogP contribution in [-0.2, 0) is 7.05 Å². The molecular weight excluding hydrogens is 212 g/mol. The Bertz CT molecular complexity index is 336. The minimum atomic E-state index is 0. The van der Waals surface area contributed by atoms with E-state index >= 15 is 0 Å². The van der Waals surface area contributed by atoms with Gasteiger partial charge < -0.3 is 10.6 Å². The first-order chi connectivity index (χ1) is 6.59. The van der Waals surface area contributed by atoms with E-state index in [1.54, 1.807) is 0 Å². The maximum atomic E-state index is 6.10. The van der Waals surface area contributed by atoms with Crippen molar-refractivity contribution in [1.82, 2.24) is 14.7 Å². The van der Waals surface area contributed by atoms with Crippen molar-refractivity contribution >= 4 is 12.4 Å². The van der Waals surface area contributed by atoms with Crippen molar-refractivity contribution in [2.45, 2.75) is 18.9 Å². The highest BCUT2D eigenvalue weighted by Crippen LogP contribution is 2.27. The first-order valence-electron chi connectivity index (χ1n) is 5.02. The molecule has 2 atom stereocenters. The normalized spacial score (nSPS) is 26.7. The van der Waals surface area contributed by atoms with Crippen molar-refractivity contribution < 1.29 is 0 Å². The van der Waals surface area contributed by atoms with Crippen LogP contribution in [0.4, 0.5) is 0 Å². The van der Waals surface area contributed by atoms with Crippen molar-refractivity contribution in [3.8, 4) is 0 Å². The maximum Gasteiger partial charge on any atom is 0.0528 e. The highest BCUT2D eigenvalue weighted by atomic mass is 35.5. The van der Waals surface area contributed by atoms with Crippen molar-refractivity contribution in [3.05, 3.63) is 17.5 Å². The van der Waals surface area contributed by atoms with E-state index in [0.29, 0.717) is 5.92 Å². The van der Waals surface area contributed by atoms with Crippen LogP contribution in [0.3, 0.4) is 0 Å². The zero-order chi connectivity index (χ0) is 10.3. The molecule has 0 bridgehead atoms. The molecular formula is C10H19ClN4. The maximum absolute atomic E-state index is 6.10. The van der Waals surface area contributed by atoms with Gasteiger partial charge in [-0.25, -0.2) is 0 Å². The molecule has 2 rings (SSSR count). The lowest BCUT2D eigenvalue weighted by molar-refractivity contribution is 0.407. The molecule has 4 nitrogen and oxygen atoms in total. The van der Waals surface area contributed by atoms with Crippen LogP contribution in [0.1, 0.15) is 17.2 Å². The third kappa shape index (κ3) is 2.17. The van der Waals surface area contributed by atoms with Crippen molar-refractivity contribution in [2.24, 2.45) is 12.8 Å². The van der Waals surface area contributed by atoms with E-state index in [0.717, 1.165) is 13.1 Å². The fraction of sp³-hybridized carbons (Fsp3) is 0.700. The van der Waals surface area contributed by atoms with Crippen LogP contribution < -0.4 is 5.73 Å². The Morgan fingerprint density at radius 1 is 1.40 bits per heavy atom. The van der Waals surface area contributed by atoms with Gasteiger partial charge in [0, 0.05) is 37.8 Å². The molecule has 0 saturated carbocycles. The smallest absolute Gasteiger partial charge is 0.0528 e. The Morgan fingerprint density at radius 3 is 2.47 bits per heavy atom. The molecule has 15 heavy (non-hydrogen) atoms. The van der Waals surface area contributed by atoms with E-state index in [9.17, 15) is 0 Å². The summed E-state index contributed by atoms with van der Waals surface area (Å²) >= 11 is 0. The number of likely N-dealkylation sites (tertiary alicyclic amines) is 1. The van der Waals surface area contributed by atoms with Crippen molar-refractivity contribution in [3.63, 3.8) is 0 Å². The van der Waals surface area contributed by atoms with Gasteiger partial charge in [-0.3, -0.25) is 4.68 Å². The largest absolute Gasteiger partial charge is 0.326 e.